The van der Waals surface area contributed by atoms with Crippen LogP contribution in [0.15, 0.2) is 42.5 Å². The lowest BCUT2D eigenvalue weighted by molar-refractivity contribution is -0.120. The molecule has 1 amide bonds. The maximum atomic E-state index is 11.4. The zero-order valence-electron chi connectivity index (χ0n) is 9.16. The van der Waals surface area contributed by atoms with Gasteiger partial charge in [-0.3, -0.25) is 4.79 Å². The van der Waals surface area contributed by atoms with Gasteiger partial charge in [-0.1, -0.05) is 42.5 Å². The Bertz CT molecular complexity index is 335. The van der Waals surface area contributed by atoms with E-state index >= 15 is 0 Å². The van der Waals surface area contributed by atoms with Gasteiger partial charge in [-0.25, -0.2) is 0 Å². The predicted octanol–water partition coefficient (Wildman–Crippen LogP) is 2.53. The fourth-order valence-electron chi connectivity index (χ4n) is 1.31. The Kier molecular flexibility index (Phi) is 6.35. The number of allylic oxidation sites excluding steroid dienone is 1. The Balaban J connectivity index is 2.18. The third-order valence-electron chi connectivity index (χ3n) is 2.16. The summed E-state index contributed by atoms with van der Waals surface area (Å²) < 4.78 is 0. The van der Waals surface area contributed by atoms with Crippen LogP contribution in [0.3, 0.4) is 0 Å². The van der Waals surface area contributed by atoms with E-state index in [4.69, 9.17) is 11.6 Å². The van der Waals surface area contributed by atoms with Crippen LogP contribution in [0.2, 0.25) is 0 Å². The predicted molar refractivity (Wildman–Crippen MR) is 67.6 cm³/mol. The fraction of sp³-hybridized carbons (Fsp3) is 0.308. The molecular weight excluding hydrogens is 222 g/mol. The van der Waals surface area contributed by atoms with Crippen LogP contribution < -0.4 is 5.32 Å². The van der Waals surface area contributed by atoms with Crippen LogP contribution in [-0.2, 0) is 11.2 Å². The molecular formula is C13H16ClNO. The van der Waals surface area contributed by atoms with Gasteiger partial charge in [0.25, 0.3) is 0 Å². The molecule has 1 rings (SSSR count). The quantitative estimate of drug-likeness (QED) is 0.598. The molecule has 2 nitrogen and oxygen atoms in total. The minimum atomic E-state index is 0.0723. The molecule has 0 aliphatic carbocycles. The van der Waals surface area contributed by atoms with Gasteiger partial charge in [-0.2, -0.15) is 0 Å². The van der Waals surface area contributed by atoms with Crippen molar-refractivity contribution in [1.82, 2.24) is 5.32 Å². The molecule has 1 N–H and O–H groups in total. The minimum Gasteiger partial charge on any atom is -0.353 e. The highest BCUT2D eigenvalue weighted by Crippen LogP contribution is 2.01. The zero-order valence-corrected chi connectivity index (χ0v) is 9.91. The van der Waals surface area contributed by atoms with E-state index in [1.807, 2.05) is 42.5 Å². The van der Waals surface area contributed by atoms with Gasteiger partial charge >= 0.3 is 0 Å². The molecule has 0 heterocycles. The lowest BCUT2D eigenvalue weighted by Gasteiger charge is -2.02. The average molecular weight is 238 g/mol. The Labute approximate surface area is 101 Å². The van der Waals surface area contributed by atoms with Crippen molar-refractivity contribution in [1.29, 1.82) is 0 Å². The third-order valence-corrected chi connectivity index (χ3v) is 2.33. The highest BCUT2D eigenvalue weighted by molar-refractivity contribution is 6.18. The van der Waals surface area contributed by atoms with Crippen LogP contribution in [-0.4, -0.2) is 18.3 Å². The molecule has 16 heavy (non-hydrogen) atoms. The summed E-state index contributed by atoms with van der Waals surface area (Å²) in [5.41, 5.74) is 1.19. The van der Waals surface area contributed by atoms with Gasteiger partial charge in [-0.05, 0) is 12.0 Å². The zero-order chi connectivity index (χ0) is 11.6. The van der Waals surface area contributed by atoms with Crippen LogP contribution in [0.25, 0.3) is 0 Å². The van der Waals surface area contributed by atoms with Crippen molar-refractivity contribution < 1.29 is 4.79 Å². The van der Waals surface area contributed by atoms with Gasteiger partial charge < -0.3 is 5.32 Å². The number of nitrogens with one attached hydrogen (secondary N) is 1. The van der Waals surface area contributed by atoms with Crippen LogP contribution in [0.1, 0.15) is 12.0 Å². The molecule has 3 heteroatoms. The minimum absolute atomic E-state index is 0.0723. The summed E-state index contributed by atoms with van der Waals surface area (Å²) in [7, 11) is 0. The van der Waals surface area contributed by atoms with E-state index in [0.29, 0.717) is 18.8 Å². The summed E-state index contributed by atoms with van der Waals surface area (Å²) in [5, 5.41) is 2.80. The first-order chi connectivity index (χ1) is 7.83. The number of halogens is 1. The van der Waals surface area contributed by atoms with E-state index in [1.165, 1.54) is 5.56 Å². The summed E-state index contributed by atoms with van der Waals surface area (Å²) >= 11 is 5.46. The Morgan fingerprint density at radius 3 is 2.69 bits per heavy atom. The number of rotatable bonds is 6. The summed E-state index contributed by atoms with van der Waals surface area (Å²) in [5.74, 6) is 0.558. The van der Waals surface area contributed by atoms with Gasteiger partial charge in [0.15, 0.2) is 0 Å². The van der Waals surface area contributed by atoms with Crippen molar-refractivity contribution in [2.24, 2.45) is 0 Å². The molecule has 0 saturated heterocycles. The molecule has 0 radical (unpaired) electrons. The van der Waals surface area contributed by atoms with E-state index < -0.39 is 0 Å². The monoisotopic (exact) mass is 237 g/mol. The first kappa shape index (κ1) is 12.8. The van der Waals surface area contributed by atoms with Crippen molar-refractivity contribution in [2.45, 2.75) is 12.8 Å². The van der Waals surface area contributed by atoms with Crippen LogP contribution in [0, 0.1) is 0 Å². The molecule has 1 aromatic carbocycles. The maximum Gasteiger partial charge on any atom is 0.220 e. The molecule has 1 aromatic rings. The van der Waals surface area contributed by atoms with Crippen molar-refractivity contribution >= 4 is 17.5 Å². The van der Waals surface area contributed by atoms with Crippen LogP contribution in [0.5, 0.6) is 0 Å². The smallest absolute Gasteiger partial charge is 0.220 e. The van der Waals surface area contributed by atoms with Gasteiger partial charge in [0, 0.05) is 18.8 Å². The lowest BCUT2D eigenvalue weighted by Crippen LogP contribution is -2.23. The fourth-order valence-corrected chi connectivity index (χ4v) is 1.44. The number of carbonyl (C=O) groups is 1. The second kappa shape index (κ2) is 7.94. The summed E-state index contributed by atoms with van der Waals surface area (Å²) in [6, 6.07) is 9.99. The largest absolute Gasteiger partial charge is 0.353 e. The molecule has 0 aliphatic heterocycles. The molecule has 0 unspecified atom stereocenters. The number of alkyl halides is 1. The molecule has 0 spiro atoms. The molecule has 0 fully saturated rings. The van der Waals surface area contributed by atoms with E-state index in [1.54, 1.807) is 0 Å². The SMILES string of the molecule is O=C(CCc1ccccc1)NC/C=C/CCl. The first-order valence-electron chi connectivity index (χ1n) is 5.34. The van der Waals surface area contributed by atoms with Crippen molar-refractivity contribution in [3.05, 3.63) is 48.0 Å². The number of hydrogen-bond donors (Lipinski definition) is 1. The lowest BCUT2D eigenvalue weighted by atomic mass is 10.1. The van der Waals surface area contributed by atoms with Gasteiger partial charge in [0.1, 0.15) is 0 Å². The van der Waals surface area contributed by atoms with Crippen molar-refractivity contribution in [3.63, 3.8) is 0 Å². The highest BCUT2D eigenvalue weighted by atomic mass is 35.5. The normalized spacial score (nSPS) is 10.6. The standard InChI is InChI=1S/C13H16ClNO/c14-10-4-5-11-15-13(16)9-8-12-6-2-1-3-7-12/h1-7H,8-11H2,(H,15,16)/b5-4+. The first-order valence-corrected chi connectivity index (χ1v) is 5.88. The Morgan fingerprint density at radius 2 is 2.00 bits per heavy atom. The van der Waals surface area contributed by atoms with Gasteiger partial charge in [0.05, 0.1) is 0 Å². The summed E-state index contributed by atoms with van der Waals surface area (Å²) in [6.45, 7) is 0.556. The third kappa shape index (κ3) is 5.56. The number of aryl methyl sites for hydroxylation is 1. The number of hydrogen-bond acceptors (Lipinski definition) is 1. The van der Waals surface area contributed by atoms with Gasteiger partial charge in [-0.15, -0.1) is 11.6 Å². The number of amides is 1. The van der Waals surface area contributed by atoms with Gasteiger partial charge in [0.2, 0.25) is 5.91 Å². The molecule has 0 aromatic heterocycles. The second-order valence-corrected chi connectivity index (χ2v) is 3.72. The topological polar surface area (TPSA) is 29.1 Å². The molecule has 0 atom stereocenters. The van der Waals surface area contributed by atoms with Crippen molar-refractivity contribution in [3.8, 4) is 0 Å². The van der Waals surface area contributed by atoms with Crippen molar-refractivity contribution in [2.75, 3.05) is 12.4 Å². The number of benzene rings is 1. The highest BCUT2D eigenvalue weighted by Gasteiger charge is 1.99. The summed E-state index contributed by atoms with van der Waals surface area (Å²) in [4.78, 5) is 11.4. The second-order valence-electron chi connectivity index (χ2n) is 3.42. The molecule has 0 bridgehead atoms. The molecule has 86 valence electrons. The average Bonchev–Trinajstić information content (AvgIpc) is 2.33. The van der Waals surface area contributed by atoms with E-state index in [9.17, 15) is 4.79 Å². The molecule has 0 saturated carbocycles. The van der Waals surface area contributed by atoms with E-state index in [-0.39, 0.29) is 5.91 Å². The number of carbonyl (C=O) groups excluding carboxylic acids is 1. The maximum absolute atomic E-state index is 11.4. The van der Waals surface area contributed by atoms with E-state index in [0.717, 1.165) is 6.42 Å². The molecule has 0 aliphatic rings. The van der Waals surface area contributed by atoms with E-state index in [2.05, 4.69) is 5.32 Å². The van der Waals surface area contributed by atoms with Crippen LogP contribution in [0.4, 0.5) is 0 Å². The van der Waals surface area contributed by atoms with Crippen LogP contribution >= 0.6 is 11.6 Å². The Morgan fingerprint density at radius 1 is 1.25 bits per heavy atom. The summed E-state index contributed by atoms with van der Waals surface area (Å²) in [6.07, 6.45) is 4.98. The Hall–Kier alpha value is -1.28.